The molecule has 0 unspecified atom stereocenters. The van der Waals surface area contributed by atoms with Crippen molar-refractivity contribution in [3.05, 3.63) is 12.7 Å². The van der Waals surface area contributed by atoms with Crippen molar-refractivity contribution in [1.82, 2.24) is 29.5 Å². The second-order valence-corrected chi connectivity index (χ2v) is 3.50. The molecule has 3 aromatic heterocycles. The molecule has 3 rings (SSSR count). The van der Waals surface area contributed by atoms with Gasteiger partial charge in [0.05, 0.1) is 6.33 Å². The first-order valence-corrected chi connectivity index (χ1v) is 5.19. The minimum Gasteiger partial charge on any atom is -0.340 e. The Morgan fingerprint density at radius 3 is 3.14 bits per heavy atom. The van der Waals surface area contributed by atoms with Crippen LogP contribution in [0.4, 0.5) is 0 Å². The van der Waals surface area contributed by atoms with Gasteiger partial charge in [0.25, 0.3) is 0 Å². The Labute approximate surface area is 82.8 Å². The van der Waals surface area contributed by atoms with Gasteiger partial charge in [-0.2, -0.15) is 0 Å². The summed E-state index contributed by atoms with van der Waals surface area (Å²) in [6, 6.07) is 0. The quantitative estimate of drug-likeness (QED) is 0.594. The third kappa shape index (κ3) is 0.869. The molecule has 1 N–H and O–H groups in total. The fourth-order valence-electron chi connectivity index (χ4n) is 1.35. The Hall–Kier alpha value is -1.63. The van der Waals surface area contributed by atoms with Crippen LogP contribution in [0, 0.1) is 0 Å². The first-order chi connectivity index (χ1) is 6.90. The van der Waals surface area contributed by atoms with Crippen LogP contribution in [0.2, 0.25) is 0 Å². The highest BCUT2D eigenvalue weighted by Crippen LogP contribution is 2.17. The molecule has 0 aliphatic rings. The molecule has 0 atom stereocenters. The minimum absolute atomic E-state index is 0.664. The van der Waals surface area contributed by atoms with Gasteiger partial charge in [0, 0.05) is 0 Å². The zero-order valence-electron chi connectivity index (χ0n) is 7.30. The molecule has 3 heterocycles. The monoisotopic (exact) mass is 206 g/mol. The minimum atomic E-state index is 0.664. The van der Waals surface area contributed by atoms with Crippen LogP contribution in [0.25, 0.3) is 16.8 Å². The highest BCUT2D eigenvalue weighted by molar-refractivity contribution is 7.98. The highest BCUT2D eigenvalue weighted by Gasteiger charge is 2.09. The number of nitrogens with zero attached hydrogens (tertiary/aromatic N) is 5. The lowest BCUT2D eigenvalue weighted by molar-refractivity contribution is 0.908. The van der Waals surface area contributed by atoms with Crippen LogP contribution in [0.15, 0.2) is 17.8 Å². The highest BCUT2D eigenvalue weighted by atomic mass is 32.2. The van der Waals surface area contributed by atoms with Crippen LogP contribution in [0.3, 0.4) is 0 Å². The molecule has 0 aliphatic heterocycles. The number of hydrogen-bond donors (Lipinski definition) is 1. The van der Waals surface area contributed by atoms with Crippen LogP contribution in [-0.4, -0.2) is 35.8 Å². The molecular formula is C7H6N6S. The van der Waals surface area contributed by atoms with E-state index in [-0.39, 0.29) is 0 Å². The SMILES string of the molecule is CSc1nnc2c3[nH]cnc3ncn12. The van der Waals surface area contributed by atoms with Crippen molar-refractivity contribution in [3.63, 3.8) is 0 Å². The smallest absolute Gasteiger partial charge is 0.196 e. The lowest BCUT2D eigenvalue weighted by atomic mass is 10.5. The van der Waals surface area contributed by atoms with Gasteiger partial charge in [0.1, 0.15) is 11.8 Å². The predicted molar refractivity (Wildman–Crippen MR) is 52.2 cm³/mol. The Balaban J connectivity index is 2.52. The Kier molecular flexibility index (Phi) is 1.48. The van der Waals surface area contributed by atoms with E-state index in [1.54, 1.807) is 12.7 Å². The van der Waals surface area contributed by atoms with Crippen LogP contribution in [0.1, 0.15) is 0 Å². The number of H-pyrrole nitrogens is 1. The van der Waals surface area contributed by atoms with Gasteiger partial charge in [-0.3, -0.25) is 4.40 Å². The second-order valence-electron chi connectivity index (χ2n) is 2.73. The Morgan fingerprint density at radius 2 is 2.29 bits per heavy atom. The first kappa shape index (κ1) is 7.74. The van der Waals surface area contributed by atoms with E-state index in [4.69, 9.17) is 0 Å². The van der Waals surface area contributed by atoms with Crippen molar-refractivity contribution in [2.24, 2.45) is 0 Å². The molecule has 0 aromatic carbocycles. The average Bonchev–Trinajstić information content (AvgIpc) is 2.82. The Morgan fingerprint density at radius 1 is 1.36 bits per heavy atom. The topological polar surface area (TPSA) is 71.8 Å². The maximum atomic E-state index is 4.18. The number of imidazole rings is 1. The summed E-state index contributed by atoms with van der Waals surface area (Å²) >= 11 is 1.53. The van der Waals surface area contributed by atoms with E-state index in [9.17, 15) is 0 Å². The van der Waals surface area contributed by atoms with Crippen LogP contribution in [-0.2, 0) is 0 Å². The van der Waals surface area contributed by atoms with Crippen molar-refractivity contribution in [1.29, 1.82) is 0 Å². The van der Waals surface area contributed by atoms with E-state index in [0.717, 1.165) is 16.3 Å². The van der Waals surface area contributed by atoms with Gasteiger partial charge in [0.15, 0.2) is 16.5 Å². The number of fused-ring (bicyclic) bond motifs is 3. The lowest BCUT2D eigenvalue weighted by Gasteiger charge is -1.94. The summed E-state index contributed by atoms with van der Waals surface area (Å²) in [5.41, 5.74) is 2.25. The average molecular weight is 206 g/mol. The van der Waals surface area contributed by atoms with E-state index in [1.807, 2.05) is 10.7 Å². The number of aromatic nitrogens is 6. The fourth-order valence-corrected chi connectivity index (χ4v) is 1.81. The summed E-state index contributed by atoms with van der Waals surface area (Å²) in [5.74, 6) is 0. The third-order valence-electron chi connectivity index (χ3n) is 1.99. The maximum absolute atomic E-state index is 4.18. The first-order valence-electron chi connectivity index (χ1n) is 3.97. The number of nitrogens with one attached hydrogen (secondary N) is 1. The molecule has 7 heteroatoms. The second kappa shape index (κ2) is 2.68. The van der Waals surface area contributed by atoms with Crippen molar-refractivity contribution < 1.29 is 0 Å². The summed E-state index contributed by atoms with van der Waals surface area (Å²) in [6.45, 7) is 0. The van der Waals surface area contributed by atoms with Crippen molar-refractivity contribution >= 4 is 28.6 Å². The molecule has 70 valence electrons. The van der Waals surface area contributed by atoms with Crippen LogP contribution in [0.5, 0.6) is 0 Å². The zero-order chi connectivity index (χ0) is 9.54. The summed E-state index contributed by atoms with van der Waals surface area (Å²) in [4.78, 5) is 11.2. The predicted octanol–water partition coefficient (Wildman–Crippen LogP) is 0.722. The largest absolute Gasteiger partial charge is 0.340 e. The number of hydrogen-bond acceptors (Lipinski definition) is 5. The molecule has 0 aliphatic carbocycles. The van der Waals surface area contributed by atoms with E-state index in [1.165, 1.54) is 11.8 Å². The molecular weight excluding hydrogens is 200 g/mol. The van der Waals surface area contributed by atoms with E-state index in [0.29, 0.717) is 5.65 Å². The van der Waals surface area contributed by atoms with E-state index < -0.39 is 0 Å². The molecule has 0 fully saturated rings. The van der Waals surface area contributed by atoms with Gasteiger partial charge in [-0.15, -0.1) is 10.2 Å². The number of aromatic amines is 1. The van der Waals surface area contributed by atoms with E-state index in [2.05, 4.69) is 25.1 Å². The van der Waals surface area contributed by atoms with Gasteiger partial charge in [-0.05, 0) is 6.26 Å². The molecule has 0 amide bonds. The molecule has 0 bridgehead atoms. The normalized spacial score (nSPS) is 11.5. The van der Waals surface area contributed by atoms with Crippen LogP contribution < -0.4 is 0 Å². The molecule has 6 nitrogen and oxygen atoms in total. The molecule has 0 saturated carbocycles. The third-order valence-corrected chi connectivity index (χ3v) is 2.63. The number of thioether (sulfide) groups is 1. The van der Waals surface area contributed by atoms with Crippen LogP contribution >= 0.6 is 11.8 Å². The summed E-state index contributed by atoms with van der Waals surface area (Å²) in [6.07, 6.45) is 5.24. The summed E-state index contributed by atoms with van der Waals surface area (Å²) in [5, 5.41) is 8.93. The summed E-state index contributed by atoms with van der Waals surface area (Å²) < 4.78 is 1.84. The summed E-state index contributed by atoms with van der Waals surface area (Å²) in [7, 11) is 0. The zero-order valence-corrected chi connectivity index (χ0v) is 8.12. The van der Waals surface area contributed by atoms with Gasteiger partial charge < -0.3 is 4.98 Å². The number of rotatable bonds is 1. The van der Waals surface area contributed by atoms with E-state index >= 15 is 0 Å². The lowest BCUT2D eigenvalue weighted by Crippen LogP contribution is -1.90. The molecule has 0 spiro atoms. The Bertz CT molecular complexity index is 596. The van der Waals surface area contributed by atoms with Crippen molar-refractivity contribution in [2.75, 3.05) is 6.26 Å². The molecule has 0 saturated heterocycles. The van der Waals surface area contributed by atoms with Crippen molar-refractivity contribution in [2.45, 2.75) is 5.16 Å². The van der Waals surface area contributed by atoms with Crippen molar-refractivity contribution in [3.8, 4) is 0 Å². The molecule has 0 radical (unpaired) electrons. The van der Waals surface area contributed by atoms with Gasteiger partial charge in [0.2, 0.25) is 0 Å². The fraction of sp³-hybridized carbons (Fsp3) is 0.143. The van der Waals surface area contributed by atoms with Gasteiger partial charge in [-0.25, -0.2) is 9.97 Å². The molecule has 14 heavy (non-hydrogen) atoms. The maximum Gasteiger partial charge on any atom is 0.196 e. The molecule has 3 aromatic rings. The standard InChI is InChI=1S/C7H6N6S/c1-14-7-12-11-6-4-5(9-2-8-4)10-3-13(6)7/h2-3H,1H3,(H,8,9). The van der Waals surface area contributed by atoms with Gasteiger partial charge in [-0.1, -0.05) is 11.8 Å². The van der Waals surface area contributed by atoms with Gasteiger partial charge >= 0.3 is 0 Å².